The van der Waals surface area contributed by atoms with Gasteiger partial charge in [-0.05, 0) is 127 Å². The second kappa shape index (κ2) is 18.9. The predicted octanol–water partition coefficient (Wildman–Crippen LogP) is 16.5. The maximum atomic E-state index is 6.32. The minimum Gasteiger partial charge on any atom is -0.456 e. The van der Waals surface area contributed by atoms with Gasteiger partial charge < -0.3 is 13.9 Å². The van der Waals surface area contributed by atoms with Crippen molar-refractivity contribution in [2.24, 2.45) is 0 Å². The molecule has 3 nitrogen and oxygen atoms in total. The SMILES string of the molecule is c1ccc(-n2c3ccccc3c3c(-c4ccc(-c5ccc(N(c6ccc(-c7cccc8oc9ccccc9c78)cc6)c6ccc([Si](c7ccccc7)(c7ccccc7)c7ccccc7)cc6)cc5)cc4)cccc32)cc1. The normalized spacial score (nSPS) is 11.7. The van der Waals surface area contributed by atoms with Gasteiger partial charge in [-0.15, -0.1) is 0 Å². The lowest BCUT2D eigenvalue weighted by Gasteiger charge is -2.35. The number of nitrogens with zero attached hydrogens (tertiary/aromatic N) is 2. The maximum Gasteiger partial charge on any atom is 0.179 e. The van der Waals surface area contributed by atoms with Gasteiger partial charge in [-0.2, -0.15) is 0 Å². The van der Waals surface area contributed by atoms with Crippen molar-refractivity contribution in [3.05, 3.63) is 303 Å². The lowest BCUT2D eigenvalue weighted by Crippen LogP contribution is -2.74. The van der Waals surface area contributed by atoms with Crippen molar-refractivity contribution in [3.63, 3.8) is 0 Å². The van der Waals surface area contributed by atoms with E-state index in [1.54, 1.807) is 0 Å². The molecule has 14 aromatic rings. The van der Waals surface area contributed by atoms with Gasteiger partial charge in [0.05, 0.1) is 11.0 Å². The summed E-state index contributed by atoms with van der Waals surface area (Å²) in [6.45, 7) is 0. The number of benzene rings is 12. The first-order chi connectivity index (χ1) is 37.7. The lowest BCUT2D eigenvalue weighted by molar-refractivity contribution is 0.669. The Bertz CT molecular complexity index is 4240. The van der Waals surface area contributed by atoms with Crippen LogP contribution in [-0.2, 0) is 0 Å². The molecule has 4 heteroatoms. The highest BCUT2D eigenvalue weighted by atomic mass is 28.3. The molecule has 358 valence electrons. The summed E-state index contributed by atoms with van der Waals surface area (Å²) in [4.78, 5) is 2.39. The molecular formula is C72H50N2OSi. The minimum atomic E-state index is -2.73. The van der Waals surface area contributed by atoms with Gasteiger partial charge in [0.25, 0.3) is 0 Å². The fraction of sp³-hybridized carbons (Fsp3) is 0. The molecule has 0 amide bonds. The Morgan fingerprint density at radius 3 is 1.25 bits per heavy atom. The van der Waals surface area contributed by atoms with Gasteiger partial charge in [0.2, 0.25) is 0 Å². The van der Waals surface area contributed by atoms with Crippen LogP contribution in [0.3, 0.4) is 0 Å². The first-order valence-corrected chi connectivity index (χ1v) is 28.1. The van der Waals surface area contributed by atoms with Crippen LogP contribution in [0.25, 0.3) is 82.8 Å². The molecule has 0 fully saturated rings. The highest BCUT2D eigenvalue weighted by Gasteiger charge is 2.41. The smallest absolute Gasteiger partial charge is 0.179 e. The van der Waals surface area contributed by atoms with Crippen LogP contribution in [0.4, 0.5) is 17.1 Å². The van der Waals surface area contributed by atoms with E-state index in [2.05, 4.69) is 301 Å². The van der Waals surface area contributed by atoms with E-state index < -0.39 is 8.07 Å². The zero-order chi connectivity index (χ0) is 50.4. The maximum absolute atomic E-state index is 6.32. The van der Waals surface area contributed by atoms with Crippen molar-refractivity contribution in [3.8, 4) is 39.1 Å². The van der Waals surface area contributed by atoms with Crippen LogP contribution in [0.15, 0.2) is 308 Å². The van der Waals surface area contributed by atoms with Crippen LogP contribution in [0.1, 0.15) is 0 Å². The summed E-state index contributed by atoms with van der Waals surface area (Å²) in [5, 5.41) is 10.2. The number of fused-ring (bicyclic) bond motifs is 6. The Hall–Kier alpha value is -9.74. The van der Waals surface area contributed by atoms with Gasteiger partial charge in [-0.1, -0.05) is 231 Å². The van der Waals surface area contributed by atoms with Gasteiger partial charge >= 0.3 is 0 Å². The molecule has 0 saturated heterocycles. The van der Waals surface area contributed by atoms with Crippen molar-refractivity contribution >= 4 is 89.6 Å². The van der Waals surface area contributed by atoms with E-state index in [0.717, 1.165) is 61.4 Å². The Kier molecular flexibility index (Phi) is 11.2. The third kappa shape index (κ3) is 7.57. The molecule has 0 spiro atoms. The number of aromatic nitrogens is 1. The van der Waals surface area contributed by atoms with Crippen molar-refractivity contribution in [1.29, 1.82) is 0 Å². The summed E-state index contributed by atoms with van der Waals surface area (Å²) in [7, 11) is -2.73. The number of hydrogen-bond acceptors (Lipinski definition) is 2. The second-order valence-corrected chi connectivity index (χ2v) is 23.4. The van der Waals surface area contributed by atoms with Crippen LogP contribution in [-0.4, -0.2) is 12.6 Å². The van der Waals surface area contributed by atoms with Crippen molar-refractivity contribution in [1.82, 2.24) is 4.57 Å². The topological polar surface area (TPSA) is 21.3 Å². The fourth-order valence-electron chi connectivity index (χ4n) is 11.9. The van der Waals surface area contributed by atoms with E-state index in [4.69, 9.17) is 4.42 Å². The quantitative estimate of drug-likeness (QED) is 0.0951. The zero-order valence-corrected chi connectivity index (χ0v) is 42.7. The number of para-hydroxylation sites is 3. The monoisotopic (exact) mass is 986 g/mol. The van der Waals surface area contributed by atoms with Gasteiger partial charge in [-0.25, -0.2) is 0 Å². The van der Waals surface area contributed by atoms with Crippen LogP contribution in [0.2, 0.25) is 0 Å². The average molecular weight is 987 g/mol. The van der Waals surface area contributed by atoms with Crippen LogP contribution < -0.4 is 25.6 Å². The zero-order valence-electron chi connectivity index (χ0n) is 41.7. The van der Waals surface area contributed by atoms with Crippen LogP contribution >= 0.6 is 0 Å². The molecule has 0 bridgehead atoms. The van der Waals surface area contributed by atoms with E-state index in [1.807, 2.05) is 12.1 Å². The summed E-state index contributed by atoms with van der Waals surface area (Å²) in [6.07, 6.45) is 0. The summed E-state index contributed by atoms with van der Waals surface area (Å²) >= 11 is 0. The molecule has 2 heterocycles. The lowest BCUT2D eigenvalue weighted by atomic mass is 9.96. The standard InChI is InChI=1S/C72H50N2OSi/c1-5-19-55(20-6-1)74-67-31-15-13-27-65(67)71-63(29-17-32-68(71)74)53-37-35-51(36-38-53)52-39-43-56(44-40-52)73(57-45-41-54(42-46-57)64-30-18-34-70-72(64)66-28-14-16-33-69(66)75-70)58-47-49-62(50-48-58)76(59-21-7-2-8-22-59,60-23-9-3-10-24-60)61-25-11-4-12-26-61/h1-50H. The highest BCUT2D eigenvalue weighted by Crippen LogP contribution is 2.42. The summed E-state index contributed by atoms with van der Waals surface area (Å²) in [5.41, 5.74) is 15.6. The fourth-order valence-corrected chi connectivity index (χ4v) is 16.7. The number of hydrogen-bond donors (Lipinski definition) is 0. The van der Waals surface area contributed by atoms with Gasteiger partial charge in [-0.3, -0.25) is 0 Å². The molecule has 0 aliphatic heterocycles. The Labute approximate surface area is 443 Å². The summed E-state index contributed by atoms with van der Waals surface area (Å²) in [6, 6.07) is 111. The molecule has 0 radical (unpaired) electrons. The van der Waals surface area contributed by atoms with Gasteiger partial charge in [0, 0.05) is 44.3 Å². The summed E-state index contributed by atoms with van der Waals surface area (Å²) in [5.74, 6) is 0. The molecule has 12 aromatic carbocycles. The van der Waals surface area contributed by atoms with E-state index >= 15 is 0 Å². The van der Waals surface area contributed by atoms with E-state index in [-0.39, 0.29) is 0 Å². The Balaban J connectivity index is 0.856. The highest BCUT2D eigenvalue weighted by molar-refractivity contribution is 7.19. The van der Waals surface area contributed by atoms with Crippen LogP contribution in [0.5, 0.6) is 0 Å². The number of furan rings is 1. The van der Waals surface area contributed by atoms with Gasteiger partial charge in [0.1, 0.15) is 11.2 Å². The molecule has 0 saturated carbocycles. The van der Waals surface area contributed by atoms with Gasteiger partial charge in [0.15, 0.2) is 8.07 Å². The molecule has 0 atom stereocenters. The minimum absolute atomic E-state index is 0.893. The van der Waals surface area contributed by atoms with E-state index in [1.165, 1.54) is 59.2 Å². The number of anilines is 3. The molecule has 0 aliphatic carbocycles. The van der Waals surface area contributed by atoms with Crippen LogP contribution in [0, 0.1) is 0 Å². The third-order valence-electron chi connectivity index (χ3n) is 15.4. The molecule has 0 unspecified atom stereocenters. The Morgan fingerprint density at radius 1 is 0.276 bits per heavy atom. The first kappa shape index (κ1) is 44.9. The largest absolute Gasteiger partial charge is 0.456 e. The number of rotatable bonds is 11. The Morgan fingerprint density at radius 2 is 0.671 bits per heavy atom. The molecule has 2 aromatic heterocycles. The first-order valence-electron chi connectivity index (χ1n) is 26.1. The predicted molar refractivity (Wildman–Crippen MR) is 323 cm³/mol. The van der Waals surface area contributed by atoms with E-state index in [0.29, 0.717) is 0 Å². The molecule has 0 aliphatic rings. The molecular weight excluding hydrogens is 937 g/mol. The molecule has 14 rings (SSSR count). The molecule has 0 N–H and O–H groups in total. The van der Waals surface area contributed by atoms with Crippen molar-refractivity contribution < 1.29 is 4.42 Å². The third-order valence-corrected chi connectivity index (χ3v) is 20.2. The van der Waals surface area contributed by atoms with Crippen molar-refractivity contribution in [2.75, 3.05) is 4.90 Å². The average Bonchev–Trinajstić information content (AvgIpc) is 4.07. The second-order valence-electron chi connectivity index (χ2n) is 19.6. The van der Waals surface area contributed by atoms with Crippen molar-refractivity contribution in [2.45, 2.75) is 0 Å². The van der Waals surface area contributed by atoms with E-state index in [9.17, 15) is 0 Å². The summed E-state index contributed by atoms with van der Waals surface area (Å²) < 4.78 is 8.70. The molecule has 76 heavy (non-hydrogen) atoms.